The molecule has 0 bridgehead atoms. The van der Waals surface area contributed by atoms with E-state index in [9.17, 15) is 9.50 Å². The van der Waals surface area contributed by atoms with E-state index < -0.39 is 6.10 Å². The molecule has 0 radical (unpaired) electrons. The minimum atomic E-state index is -0.601. The quantitative estimate of drug-likeness (QED) is 0.745. The molecule has 0 amide bonds. The fourth-order valence-corrected chi connectivity index (χ4v) is 1.27. The predicted molar refractivity (Wildman–Crippen MR) is 51.1 cm³/mol. The molecule has 0 aromatic heterocycles. The largest absolute Gasteiger partial charge is 0.389 e. The third-order valence-electron chi connectivity index (χ3n) is 2.13. The molecular weight excluding hydrogens is 167 g/mol. The van der Waals surface area contributed by atoms with Gasteiger partial charge in [-0.25, -0.2) is 4.39 Å². The van der Waals surface area contributed by atoms with Gasteiger partial charge in [0.1, 0.15) is 5.82 Å². The van der Waals surface area contributed by atoms with Gasteiger partial charge in [-0.3, -0.25) is 0 Å². The molecule has 0 fully saturated rings. The first-order valence-electron chi connectivity index (χ1n) is 4.49. The molecule has 1 unspecified atom stereocenters. The van der Waals surface area contributed by atoms with Crippen LogP contribution in [0.5, 0.6) is 0 Å². The normalized spacial score (nSPS) is 13.4. The Balaban J connectivity index is 3.06. The smallest absolute Gasteiger partial charge is 0.127 e. The summed E-state index contributed by atoms with van der Waals surface area (Å²) in [6.45, 7) is 5.52. The molecule has 0 saturated carbocycles. The van der Waals surface area contributed by atoms with Crippen molar-refractivity contribution >= 4 is 0 Å². The molecule has 0 spiro atoms. The fraction of sp³-hybridized carbons (Fsp3) is 0.455. The van der Waals surface area contributed by atoms with Gasteiger partial charge in [-0.05, 0) is 30.0 Å². The molecule has 1 aromatic carbocycles. The summed E-state index contributed by atoms with van der Waals surface area (Å²) in [5, 5.41) is 9.21. The molecule has 1 atom stereocenters. The van der Waals surface area contributed by atoms with Gasteiger partial charge in [0.15, 0.2) is 0 Å². The zero-order chi connectivity index (χ0) is 10.0. The minimum Gasteiger partial charge on any atom is -0.389 e. The van der Waals surface area contributed by atoms with Gasteiger partial charge >= 0.3 is 0 Å². The van der Waals surface area contributed by atoms with Gasteiger partial charge in [-0.2, -0.15) is 0 Å². The number of hydrogen-bond acceptors (Lipinski definition) is 1. The maximum absolute atomic E-state index is 13.4. The second-order valence-electron chi connectivity index (χ2n) is 3.61. The van der Waals surface area contributed by atoms with E-state index in [4.69, 9.17) is 0 Å². The van der Waals surface area contributed by atoms with Crippen LogP contribution in [-0.2, 0) is 0 Å². The first-order chi connectivity index (χ1) is 6.02. The maximum atomic E-state index is 13.4. The molecule has 1 aromatic rings. The summed E-state index contributed by atoms with van der Waals surface area (Å²) in [6.07, 6.45) is -0.601. The Morgan fingerprint density at radius 2 is 1.85 bits per heavy atom. The van der Waals surface area contributed by atoms with Crippen molar-refractivity contribution in [3.05, 3.63) is 35.1 Å². The summed E-state index contributed by atoms with van der Waals surface area (Å²) in [7, 11) is 0. The third kappa shape index (κ3) is 2.28. The lowest BCUT2D eigenvalue weighted by Gasteiger charge is -2.10. The molecule has 1 rings (SSSR count). The second-order valence-corrected chi connectivity index (χ2v) is 3.61. The number of benzene rings is 1. The van der Waals surface area contributed by atoms with Crippen LogP contribution in [0.4, 0.5) is 4.39 Å². The van der Waals surface area contributed by atoms with Crippen molar-refractivity contribution in [2.24, 2.45) is 0 Å². The molecule has 0 aliphatic carbocycles. The number of rotatable bonds is 2. The van der Waals surface area contributed by atoms with Gasteiger partial charge in [0.25, 0.3) is 0 Å². The van der Waals surface area contributed by atoms with Gasteiger partial charge in [0.2, 0.25) is 0 Å². The van der Waals surface area contributed by atoms with E-state index >= 15 is 0 Å². The second kappa shape index (κ2) is 3.88. The first kappa shape index (κ1) is 10.2. The van der Waals surface area contributed by atoms with E-state index in [-0.39, 0.29) is 11.7 Å². The highest BCUT2D eigenvalue weighted by Crippen LogP contribution is 2.21. The van der Waals surface area contributed by atoms with Crippen molar-refractivity contribution < 1.29 is 9.50 Å². The van der Waals surface area contributed by atoms with Crippen LogP contribution in [0, 0.1) is 5.82 Å². The first-order valence-corrected chi connectivity index (χ1v) is 4.49. The maximum Gasteiger partial charge on any atom is 0.127 e. The van der Waals surface area contributed by atoms with Crippen LogP contribution in [-0.4, -0.2) is 5.11 Å². The Hall–Kier alpha value is -0.890. The van der Waals surface area contributed by atoms with Crippen molar-refractivity contribution in [3.63, 3.8) is 0 Å². The Labute approximate surface area is 78.2 Å². The van der Waals surface area contributed by atoms with Crippen LogP contribution in [0.2, 0.25) is 0 Å². The average molecular weight is 182 g/mol. The van der Waals surface area contributed by atoms with Crippen LogP contribution < -0.4 is 0 Å². The van der Waals surface area contributed by atoms with Crippen molar-refractivity contribution in [2.45, 2.75) is 32.8 Å². The van der Waals surface area contributed by atoms with Crippen molar-refractivity contribution in [1.29, 1.82) is 0 Å². The van der Waals surface area contributed by atoms with Crippen LogP contribution in [0.25, 0.3) is 0 Å². The predicted octanol–water partition coefficient (Wildman–Crippen LogP) is 3.00. The summed E-state index contributed by atoms with van der Waals surface area (Å²) in [5.41, 5.74) is 1.33. The minimum absolute atomic E-state index is 0.183. The SMILES string of the molecule is CC(C)c1ccc(C(C)O)cc1F. The summed E-state index contributed by atoms with van der Waals surface area (Å²) < 4.78 is 13.4. The van der Waals surface area contributed by atoms with Gasteiger partial charge < -0.3 is 5.11 Å². The highest BCUT2D eigenvalue weighted by molar-refractivity contribution is 5.27. The van der Waals surface area contributed by atoms with E-state index in [2.05, 4.69) is 0 Å². The molecule has 0 saturated heterocycles. The van der Waals surface area contributed by atoms with Crippen molar-refractivity contribution in [3.8, 4) is 0 Å². The molecule has 2 heteroatoms. The zero-order valence-corrected chi connectivity index (χ0v) is 8.21. The third-order valence-corrected chi connectivity index (χ3v) is 2.13. The monoisotopic (exact) mass is 182 g/mol. The zero-order valence-electron chi connectivity index (χ0n) is 8.21. The Morgan fingerprint density at radius 3 is 2.23 bits per heavy atom. The number of aliphatic hydroxyl groups is 1. The lowest BCUT2D eigenvalue weighted by Crippen LogP contribution is -1.97. The molecule has 13 heavy (non-hydrogen) atoms. The lowest BCUT2D eigenvalue weighted by molar-refractivity contribution is 0.198. The summed E-state index contributed by atoms with van der Waals surface area (Å²) >= 11 is 0. The van der Waals surface area contributed by atoms with Crippen LogP contribution in [0.3, 0.4) is 0 Å². The molecule has 0 aliphatic rings. The molecule has 0 heterocycles. The highest BCUT2D eigenvalue weighted by atomic mass is 19.1. The standard InChI is InChI=1S/C11H15FO/c1-7(2)10-5-4-9(8(3)13)6-11(10)12/h4-8,13H,1-3H3. The van der Waals surface area contributed by atoms with Gasteiger partial charge in [-0.1, -0.05) is 26.0 Å². The Kier molecular flexibility index (Phi) is 3.04. The summed E-state index contributed by atoms with van der Waals surface area (Å²) in [5.74, 6) is -0.0450. The number of hydrogen-bond donors (Lipinski definition) is 1. The fourth-order valence-electron chi connectivity index (χ4n) is 1.27. The van der Waals surface area contributed by atoms with Gasteiger partial charge in [0.05, 0.1) is 6.10 Å². The summed E-state index contributed by atoms with van der Waals surface area (Å²) in [4.78, 5) is 0. The lowest BCUT2D eigenvalue weighted by atomic mass is 9.99. The average Bonchev–Trinajstić information content (AvgIpc) is 2.03. The van der Waals surface area contributed by atoms with E-state index in [1.807, 2.05) is 13.8 Å². The molecular formula is C11H15FO. The van der Waals surface area contributed by atoms with E-state index in [1.54, 1.807) is 19.1 Å². The molecule has 72 valence electrons. The number of aliphatic hydroxyl groups excluding tert-OH is 1. The van der Waals surface area contributed by atoms with Crippen LogP contribution in [0.1, 0.15) is 43.9 Å². The van der Waals surface area contributed by atoms with E-state index in [0.717, 1.165) is 0 Å². The van der Waals surface area contributed by atoms with Crippen LogP contribution in [0.15, 0.2) is 18.2 Å². The Morgan fingerprint density at radius 1 is 1.23 bits per heavy atom. The molecule has 0 aliphatic heterocycles. The molecule has 1 N–H and O–H groups in total. The number of halogens is 1. The highest BCUT2D eigenvalue weighted by Gasteiger charge is 2.08. The topological polar surface area (TPSA) is 20.2 Å². The van der Waals surface area contributed by atoms with E-state index in [1.165, 1.54) is 6.07 Å². The van der Waals surface area contributed by atoms with Crippen LogP contribution >= 0.6 is 0 Å². The van der Waals surface area contributed by atoms with Crippen molar-refractivity contribution in [2.75, 3.05) is 0 Å². The summed E-state index contributed by atoms with van der Waals surface area (Å²) in [6, 6.07) is 4.91. The Bertz CT molecular complexity index is 292. The van der Waals surface area contributed by atoms with E-state index in [0.29, 0.717) is 11.1 Å². The van der Waals surface area contributed by atoms with Gasteiger partial charge in [0, 0.05) is 0 Å². The van der Waals surface area contributed by atoms with Gasteiger partial charge in [-0.15, -0.1) is 0 Å². The molecule has 1 nitrogen and oxygen atoms in total. The van der Waals surface area contributed by atoms with Crippen molar-refractivity contribution in [1.82, 2.24) is 0 Å².